The molecule has 0 aliphatic rings. The minimum absolute atomic E-state index is 0.213. The maximum Gasteiger partial charge on any atom is 0.350 e. The van der Waals surface area contributed by atoms with Crippen LogP contribution in [0, 0.1) is 0 Å². The van der Waals surface area contributed by atoms with E-state index in [2.05, 4.69) is 4.98 Å². The lowest BCUT2D eigenvalue weighted by molar-refractivity contribution is 0.0603. The van der Waals surface area contributed by atoms with Gasteiger partial charge in [-0.1, -0.05) is 45.0 Å². The molecule has 0 bridgehead atoms. The van der Waals surface area contributed by atoms with Gasteiger partial charge in [0.05, 0.1) is 12.8 Å². The first kappa shape index (κ1) is 15.7. The highest BCUT2D eigenvalue weighted by Crippen LogP contribution is 2.34. The summed E-state index contributed by atoms with van der Waals surface area (Å²) in [4.78, 5) is 17.2. The fourth-order valence-corrected chi connectivity index (χ4v) is 3.17. The van der Waals surface area contributed by atoms with Crippen molar-refractivity contribution in [3.63, 3.8) is 0 Å². The van der Waals surface area contributed by atoms with Gasteiger partial charge < -0.3 is 10.5 Å². The van der Waals surface area contributed by atoms with Gasteiger partial charge in [0, 0.05) is 17.5 Å². The molecule has 5 heteroatoms. The van der Waals surface area contributed by atoms with E-state index in [1.54, 1.807) is 0 Å². The van der Waals surface area contributed by atoms with Crippen molar-refractivity contribution in [1.29, 1.82) is 0 Å². The zero-order valence-corrected chi connectivity index (χ0v) is 13.6. The van der Waals surface area contributed by atoms with E-state index in [1.165, 1.54) is 18.4 Å². The molecule has 1 aromatic heterocycles. The van der Waals surface area contributed by atoms with Crippen molar-refractivity contribution >= 4 is 17.3 Å². The smallest absolute Gasteiger partial charge is 0.350 e. The number of benzene rings is 1. The molecular weight excluding hydrogens is 284 g/mol. The highest BCUT2D eigenvalue weighted by molar-refractivity contribution is 7.17. The van der Waals surface area contributed by atoms with Gasteiger partial charge in [0.25, 0.3) is 0 Å². The molecule has 0 unspecified atom stereocenters. The van der Waals surface area contributed by atoms with Crippen molar-refractivity contribution in [3.8, 4) is 10.6 Å². The number of aromatic nitrogens is 1. The van der Waals surface area contributed by atoms with Crippen LogP contribution in [0.2, 0.25) is 0 Å². The zero-order valence-electron chi connectivity index (χ0n) is 12.8. The van der Waals surface area contributed by atoms with Crippen LogP contribution in [0.3, 0.4) is 0 Å². The molecule has 2 aromatic rings. The summed E-state index contributed by atoms with van der Waals surface area (Å²) >= 11 is 1.37. The topological polar surface area (TPSA) is 65.2 Å². The number of rotatable bonds is 3. The molecule has 2 N–H and O–H groups in total. The van der Waals surface area contributed by atoms with Crippen LogP contribution < -0.4 is 5.73 Å². The highest BCUT2D eigenvalue weighted by atomic mass is 32.1. The largest absolute Gasteiger partial charge is 0.465 e. The third kappa shape index (κ3) is 3.31. The van der Waals surface area contributed by atoms with Gasteiger partial charge in [-0.05, 0) is 5.56 Å². The maximum absolute atomic E-state index is 12.0. The monoisotopic (exact) mass is 304 g/mol. The Hall–Kier alpha value is -1.72. The second kappa shape index (κ2) is 5.95. The van der Waals surface area contributed by atoms with Crippen molar-refractivity contribution in [2.24, 2.45) is 5.73 Å². The lowest BCUT2D eigenvalue weighted by atomic mass is 9.91. The molecule has 0 aliphatic heterocycles. The number of hydrogen-bond acceptors (Lipinski definition) is 5. The molecule has 0 aliphatic carbocycles. The van der Waals surface area contributed by atoms with E-state index in [4.69, 9.17) is 10.5 Å². The fourth-order valence-electron chi connectivity index (χ4n) is 1.97. The summed E-state index contributed by atoms with van der Waals surface area (Å²) in [6.45, 7) is 6.63. The van der Waals surface area contributed by atoms with Crippen LogP contribution >= 0.6 is 11.3 Å². The van der Waals surface area contributed by atoms with Crippen LogP contribution in [0.1, 0.15) is 41.7 Å². The Labute approximate surface area is 129 Å². The number of esters is 1. The summed E-state index contributed by atoms with van der Waals surface area (Å²) in [5, 5.41) is 0.823. The maximum atomic E-state index is 12.0. The van der Waals surface area contributed by atoms with Crippen molar-refractivity contribution in [2.45, 2.75) is 32.7 Å². The summed E-state index contributed by atoms with van der Waals surface area (Å²) in [5.41, 5.74) is 8.22. The molecule has 0 atom stereocenters. The predicted molar refractivity (Wildman–Crippen MR) is 85.5 cm³/mol. The van der Waals surface area contributed by atoms with E-state index in [9.17, 15) is 4.79 Å². The lowest BCUT2D eigenvalue weighted by Crippen LogP contribution is -2.16. The Bertz CT molecular complexity index is 639. The lowest BCUT2D eigenvalue weighted by Gasteiger charge is -2.16. The zero-order chi connectivity index (χ0) is 15.6. The molecule has 0 radical (unpaired) electrons. The van der Waals surface area contributed by atoms with E-state index in [-0.39, 0.29) is 11.4 Å². The third-order valence-corrected chi connectivity index (χ3v) is 4.23. The molecule has 2 rings (SSSR count). The number of nitrogens with zero attached hydrogens (tertiary/aromatic N) is 1. The normalized spacial score (nSPS) is 11.5. The standard InChI is InChI=1S/C16H20N2O2S/c1-16(2,3)13-12(15(19)20-4)21-14(18-13)11-7-5-10(9-17)6-8-11/h5-8H,9,17H2,1-4H3. The molecule has 1 aromatic carbocycles. The molecule has 0 amide bonds. The molecule has 112 valence electrons. The van der Waals surface area contributed by atoms with Crippen molar-refractivity contribution in [3.05, 3.63) is 40.4 Å². The summed E-state index contributed by atoms with van der Waals surface area (Å²) in [6.07, 6.45) is 0. The number of methoxy groups -OCH3 is 1. The summed E-state index contributed by atoms with van der Waals surface area (Å²) in [7, 11) is 1.39. The van der Waals surface area contributed by atoms with Crippen LogP contribution in [0.25, 0.3) is 10.6 Å². The fraction of sp³-hybridized carbons (Fsp3) is 0.375. The SMILES string of the molecule is COC(=O)c1sc(-c2ccc(CN)cc2)nc1C(C)(C)C. The summed E-state index contributed by atoms with van der Waals surface area (Å²) < 4.78 is 4.87. The van der Waals surface area contributed by atoms with E-state index in [0.717, 1.165) is 21.8 Å². The summed E-state index contributed by atoms with van der Waals surface area (Å²) in [5.74, 6) is -0.331. The van der Waals surface area contributed by atoms with Gasteiger partial charge in [0.2, 0.25) is 0 Å². The summed E-state index contributed by atoms with van der Waals surface area (Å²) in [6, 6.07) is 7.92. The number of thiazole rings is 1. The van der Waals surface area contributed by atoms with Crippen molar-refractivity contribution in [1.82, 2.24) is 4.98 Å². The van der Waals surface area contributed by atoms with E-state index < -0.39 is 0 Å². The minimum atomic E-state index is -0.331. The molecular formula is C16H20N2O2S. The van der Waals surface area contributed by atoms with Gasteiger partial charge in [0.1, 0.15) is 9.88 Å². The van der Waals surface area contributed by atoms with Crippen LogP contribution in [-0.2, 0) is 16.7 Å². The number of ether oxygens (including phenoxy) is 1. The molecule has 0 saturated carbocycles. The van der Waals surface area contributed by atoms with Gasteiger partial charge in [0.15, 0.2) is 0 Å². The van der Waals surface area contributed by atoms with Gasteiger partial charge in [-0.25, -0.2) is 9.78 Å². The molecule has 0 spiro atoms. The first-order valence-electron chi connectivity index (χ1n) is 6.76. The Morgan fingerprint density at radius 1 is 1.29 bits per heavy atom. The van der Waals surface area contributed by atoms with E-state index in [0.29, 0.717) is 11.4 Å². The Balaban J connectivity index is 2.50. The Morgan fingerprint density at radius 2 is 1.90 bits per heavy atom. The molecule has 0 fully saturated rings. The quantitative estimate of drug-likeness (QED) is 0.883. The van der Waals surface area contributed by atoms with Crippen LogP contribution in [-0.4, -0.2) is 18.1 Å². The molecule has 0 saturated heterocycles. The minimum Gasteiger partial charge on any atom is -0.465 e. The van der Waals surface area contributed by atoms with Gasteiger partial charge in [-0.15, -0.1) is 11.3 Å². The van der Waals surface area contributed by atoms with Gasteiger partial charge in [-0.3, -0.25) is 0 Å². The number of hydrogen-bond donors (Lipinski definition) is 1. The molecule has 1 heterocycles. The second-order valence-corrected chi connectivity index (χ2v) is 6.84. The molecule has 4 nitrogen and oxygen atoms in total. The van der Waals surface area contributed by atoms with E-state index >= 15 is 0 Å². The molecule has 21 heavy (non-hydrogen) atoms. The van der Waals surface area contributed by atoms with Gasteiger partial charge >= 0.3 is 5.97 Å². The Kier molecular flexibility index (Phi) is 4.44. The van der Waals surface area contributed by atoms with Gasteiger partial charge in [-0.2, -0.15) is 0 Å². The van der Waals surface area contributed by atoms with Crippen LogP contribution in [0.4, 0.5) is 0 Å². The number of carbonyl (C=O) groups is 1. The van der Waals surface area contributed by atoms with Crippen molar-refractivity contribution < 1.29 is 9.53 Å². The Morgan fingerprint density at radius 3 is 2.38 bits per heavy atom. The first-order chi connectivity index (χ1) is 9.86. The average Bonchev–Trinajstić information content (AvgIpc) is 2.92. The average molecular weight is 304 g/mol. The number of carbonyl (C=O) groups excluding carboxylic acids is 1. The highest BCUT2D eigenvalue weighted by Gasteiger charge is 2.27. The van der Waals surface area contributed by atoms with Crippen molar-refractivity contribution in [2.75, 3.05) is 7.11 Å². The second-order valence-electron chi connectivity index (χ2n) is 5.84. The predicted octanol–water partition coefficient (Wildman–Crippen LogP) is 3.35. The third-order valence-electron chi connectivity index (χ3n) is 3.14. The number of nitrogens with two attached hydrogens (primary N) is 1. The first-order valence-corrected chi connectivity index (χ1v) is 7.57. The van der Waals surface area contributed by atoms with E-state index in [1.807, 2.05) is 45.0 Å². The van der Waals surface area contributed by atoms with Crippen LogP contribution in [0.15, 0.2) is 24.3 Å². The van der Waals surface area contributed by atoms with Crippen LogP contribution in [0.5, 0.6) is 0 Å².